The molecule has 0 heterocycles. The number of aliphatic hydroxyl groups is 20. The van der Waals surface area contributed by atoms with Crippen molar-refractivity contribution in [2.24, 2.45) is 0 Å². The van der Waals surface area contributed by atoms with Gasteiger partial charge >= 0.3 is 29.8 Å². The monoisotopic (exact) mass is 2180 g/mol. The lowest BCUT2D eigenvalue weighted by molar-refractivity contribution is -0.138. The Morgan fingerprint density at radius 3 is 0.207 bits per heavy atom. The van der Waals surface area contributed by atoms with Crippen LogP contribution in [0.4, 0.5) is 0 Å². The maximum Gasteiger partial charge on any atom is 0.303 e. The highest BCUT2D eigenvalue weighted by Gasteiger charge is 2.06. The molecule has 0 radical (unpaired) electrons. The van der Waals surface area contributed by atoms with E-state index in [-0.39, 0.29) is 66.1 Å². The van der Waals surface area contributed by atoms with Crippen molar-refractivity contribution in [2.75, 3.05) is 66.1 Å². The maximum absolute atomic E-state index is 10.3. The second-order valence-electron chi connectivity index (χ2n) is 40.8. The first-order chi connectivity index (χ1) is 71.6. The van der Waals surface area contributed by atoms with Gasteiger partial charge in [-0.15, -0.1) is 0 Å². The average molecular weight is 2180 g/mol. The van der Waals surface area contributed by atoms with Crippen LogP contribution in [-0.2, 0) is 24.0 Å². The van der Waals surface area contributed by atoms with Crippen LogP contribution in [0.1, 0.15) is 618 Å². The molecule has 0 fully saturated rings. The lowest BCUT2D eigenvalue weighted by Crippen LogP contribution is -2.03. The summed E-state index contributed by atoms with van der Waals surface area (Å²) in [5, 5.41) is 203. The summed E-state index contributed by atoms with van der Waals surface area (Å²) in [5.41, 5.74) is 0. The van der Waals surface area contributed by atoms with Crippen LogP contribution >= 0.6 is 0 Å². The molecule has 0 aliphatic carbocycles. The molecule has 30 nitrogen and oxygen atoms in total. The number of hydrogen-bond donors (Lipinski definition) is 25. The van der Waals surface area contributed by atoms with Gasteiger partial charge in [0, 0.05) is 32.1 Å². The zero-order valence-electron chi connectivity index (χ0n) is 100. The van der Waals surface area contributed by atoms with Gasteiger partial charge in [0.05, 0.1) is 127 Å². The van der Waals surface area contributed by atoms with E-state index in [1.54, 1.807) is 0 Å². The molecule has 0 bridgehead atoms. The minimum absolute atomic E-state index is 0.139. The van der Waals surface area contributed by atoms with Crippen molar-refractivity contribution in [3.05, 3.63) is 0 Å². The van der Waals surface area contributed by atoms with Crippen LogP contribution < -0.4 is 0 Å². The summed E-state index contributed by atoms with van der Waals surface area (Å²) >= 11 is 0. The second kappa shape index (κ2) is 176. The third-order valence-corrected chi connectivity index (χ3v) is 22.6. The topological polar surface area (TPSA) is 591 Å². The van der Waals surface area contributed by atoms with Gasteiger partial charge in [0.2, 0.25) is 0 Å². The first-order valence-electron chi connectivity index (χ1n) is 60.5. The lowest BCUT2D eigenvalue weighted by atomic mass is 10.0. The Balaban J connectivity index is -0.000000105. The molecule has 0 aliphatic heterocycles. The number of hydrogen-bond acceptors (Lipinski definition) is 25. The molecule has 0 saturated heterocycles. The molecule has 150 heavy (non-hydrogen) atoms. The van der Waals surface area contributed by atoms with E-state index in [0.717, 1.165) is 64.2 Å². The molecule has 0 saturated carbocycles. The molecule has 0 aliphatic rings. The lowest BCUT2D eigenvalue weighted by Gasteiger charge is -2.03. The minimum atomic E-state index is -0.653. The fourth-order valence-electron chi connectivity index (χ4n) is 13.2. The molecule has 0 spiro atoms. The highest BCUT2D eigenvalue weighted by atomic mass is 16.4. The number of unbranched alkanes of at least 4 members (excludes halogenated alkanes) is 70. The molecule has 920 valence electrons. The molecule has 10 unspecified atom stereocenters. The van der Waals surface area contributed by atoms with E-state index in [9.17, 15) is 24.0 Å². The van der Waals surface area contributed by atoms with E-state index in [1.807, 2.05) is 0 Å². The Labute approximate surface area is 921 Å². The van der Waals surface area contributed by atoms with Crippen molar-refractivity contribution >= 4 is 29.8 Å². The van der Waals surface area contributed by atoms with Crippen LogP contribution in [0.3, 0.4) is 0 Å². The Morgan fingerprint density at radius 1 is 0.120 bits per heavy atom. The Kier molecular flexibility index (Phi) is 210. The van der Waals surface area contributed by atoms with Gasteiger partial charge in [0.1, 0.15) is 0 Å². The molecule has 0 amide bonds. The summed E-state index contributed by atoms with van der Waals surface area (Å²) in [6, 6.07) is 0. The Hall–Kier alpha value is -3.45. The van der Waals surface area contributed by atoms with Gasteiger partial charge in [-0.2, -0.15) is 0 Å². The molecule has 30 heteroatoms. The fourth-order valence-corrected chi connectivity index (χ4v) is 13.2. The number of rotatable bonds is 90. The first kappa shape index (κ1) is 179. The van der Waals surface area contributed by atoms with Gasteiger partial charge in [-0.25, -0.2) is 0 Å². The summed E-state index contributed by atoms with van der Waals surface area (Å²) in [4.78, 5) is 51.7. The standard InChI is InChI=1S/5C18H36O2.10C3H8O2/c5*1-2-3-4-5-6-7-8-9-10-11-12-13-14-15-16-17-18(19)20;10*1-3(5)2-4/h5*2-17H2,1H3,(H,19,20);10*3-5H,2H2,1H3. The van der Waals surface area contributed by atoms with Crippen LogP contribution in [-0.4, -0.2) is 285 Å². The van der Waals surface area contributed by atoms with Gasteiger partial charge in [0.25, 0.3) is 0 Å². The Bertz CT molecular complexity index is 1850. The second-order valence-corrected chi connectivity index (χ2v) is 40.8. The van der Waals surface area contributed by atoms with E-state index in [2.05, 4.69) is 34.6 Å². The third kappa shape index (κ3) is 289. The highest BCUT2D eigenvalue weighted by molar-refractivity contribution is 5.67. The smallest absolute Gasteiger partial charge is 0.303 e. The Morgan fingerprint density at radius 2 is 0.167 bits per heavy atom. The summed E-state index contributed by atoms with van der Waals surface area (Å²) in [7, 11) is 0. The molecular weight excluding hydrogens is 1920 g/mol. The third-order valence-electron chi connectivity index (χ3n) is 22.6. The van der Waals surface area contributed by atoms with E-state index < -0.39 is 90.9 Å². The molecule has 0 rings (SSSR count). The zero-order chi connectivity index (χ0) is 117. The largest absolute Gasteiger partial charge is 0.481 e. The zero-order valence-corrected chi connectivity index (χ0v) is 100. The van der Waals surface area contributed by atoms with Crippen LogP contribution in [0.2, 0.25) is 0 Å². The average Bonchev–Trinajstić information content (AvgIpc) is 1.10. The van der Waals surface area contributed by atoms with Crippen LogP contribution in [0.25, 0.3) is 0 Å². The van der Waals surface area contributed by atoms with Crippen LogP contribution in [0, 0.1) is 0 Å². The normalized spacial score (nSPS) is 12.2. The van der Waals surface area contributed by atoms with Crippen molar-refractivity contribution in [3.8, 4) is 0 Å². The highest BCUT2D eigenvalue weighted by Crippen LogP contribution is 2.21. The molecule has 0 aromatic carbocycles. The van der Waals surface area contributed by atoms with Crippen molar-refractivity contribution < 1.29 is 152 Å². The number of carboxylic acids is 5. The molecule has 10 atom stereocenters. The van der Waals surface area contributed by atoms with Gasteiger partial charge in [-0.05, 0) is 101 Å². The quantitative estimate of drug-likeness (QED) is 0.0251. The number of carboxylic acid groups (broad SMARTS) is 5. The van der Waals surface area contributed by atoms with E-state index in [1.165, 1.54) is 487 Å². The maximum atomic E-state index is 10.3. The number of aliphatic hydroxyl groups excluding tert-OH is 20. The predicted octanol–water partition coefficient (Wildman–Crippen LogP) is 25.3. The van der Waals surface area contributed by atoms with Gasteiger partial charge in [-0.3, -0.25) is 24.0 Å². The molecule has 0 aromatic heterocycles. The fraction of sp³-hybridized carbons (Fsp3) is 0.958. The van der Waals surface area contributed by atoms with Crippen molar-refractivity contribution in [3.63, 3.8) is 0 Å². The summed E-state index contributed by atoms with van der Waals surface area (Å²) < 4.78 is 0. The van der Waals surface area contributed by atoms with Crippen molar-refractivity contribution in [2.45, 2.75) is 679 Å². The first-order valence-corrected chi connectivity index (χ1v) is 60.5. The number of carbonyl (C=O) groups is 5. The summed E-state index contributed by atoms with van der Waals surface area (Å²) in [5.74, 6) is -3.27. The van der Waals surface area contributed by atoms with E-state index >= 15 is 0 Å². The summed E-state index contributed by atoms with van der Waals surface area (Å²) in [6.07, 6.45) is 95.4. The minimum Gasteiger partial charge on any atom is -0.481 e. The molecule has 25 N–H and O–H groups in total. The van der Waals surface area contributed by atoms with Gasteiger partial charge in [-0.1, -0.05) is 484 Å². The van der Waals surface area contributed by atoms with Crippen molar-refractivity contribution in [1.82, 2.24) is 0 Å². The molecule has 0 aromatic rings. The van der Waals surface area contributed by atoms with Gasteiger partial charge in [0.15, 0.2) is 0 Å². The number of aliphatic carboxylic acids is 5. The van der Waals surface area contributed by atoms with Crippen LogP contribution in [0.5, 0.6) is 0 Å². The van der Waals surface area contributed by atoms with Crippen molar-refractivity contribution in [1.29, 1.82) is 0 Å². The van der Waals surface area contributed by atoms with Gasteiger partial charge < -0.3 is 128 Å². The SMILES string of the molecule is CC(O)CO.CC(O)CO.CC(O)CO.CC(O)CO.CC(O)CO.CC(O)CO.CC(O)CO.CC(O)CO.CC(O)CO.CC(O)CO.CCCCCCCCCCCCCCCCCC(=O)O.CCCCCCCCCCCCCCCCCC(=O)O.CCCCCCCCCCCCCCCCCC(=O)O.CCCCCCCCCCCCCCCCCC(=O)O.CCCCCCCCCCCCCCCCCC(=O)O. The summed E-state index contributed by atoms with van der Waals surface area (Å²) in [6.45, 7) is 25.2. The van der Waals surface area contributed by atoms with E-state index in [0.29, 0.717) is 32.1 Å². The van der Waals surface area contributed by atoms with Crippen LogP contribution in [0.15, 0.2) is 0 Å². The van der Waals surface area contributed by atoms with E-state index in [4.69, 9.17) is 128 Å². The molecular formula is C120H260O30. The predicted molar refractivity (Wildman–Crippen MR) is 624 cm³/mol.